The van der Waals surface area contributed by atoms with Crippen molar-refractivity contribution in [2.45, 2.75) is 39.3 Å². The van der Waals surface area contributed by atoms with Gasteiger partial charge in [-0.3, -0.25) is 4.90 Å². The molecule has 3 heteroatoms. The van der Waals surface area contributed by atoms with E-state index in [0.29, 0.717) is 18.4 Å². The van der Waals surface area contributed by atoms with Crippen molar-refractivity contribution in [3.05, 3.63) is 96.1 Å². The van der Waals surface area contributed by atoms with Crippen LogP contribution in [-0.4, -0.2) is 35.7 Å². The van der Waals surface area contributed by atoms with E-state index < -0.39 is 0 Å². The number of allylic oxidation sites excluding steroid dienone is 2. The highest BCUT2D eigenvalue weighted by Gasteiger charge is 2.32. The van der Waals surface area contributed by atoms with Gasteiger partial charge in [-0.15, -0.1) is 0 Å². The van der Waals surface area contributed by atoms with Crippen molar-refractivity contribution in [1.29, 1.82) is 0 Å². The SMILES string of the molecule is CC.NC1C=CC=CC1.OC[C@H]1CN(Cc2ccccc2)C[C@@H]1Cc1ccccc1.[HH]. The van der Waals surface area contributed by atoms with E-state index in [0.717, 1.165) is 32.5 Å². The summed E-state index contributed by atoms with van der Waals surface area (Å²) in [6, 6.07) is 21.5. The molecule has 3 N–H and O–H groups in total. The standard InChI is InChI=1S/C19H23NO.C6H9N.C2H6.H2/c21-15-19-14-20(12-17-9-5-2-6-10-17)13-18(19)11-16-7-3-1-4-8-16;7-6-4-2-1-3-5-6;1-2;/h1-10,18-19,21H,11-15H2;1-4,6H,5,7H2;1-2H3;1H/t18-,19+;;;/m0.../s1. The first-order valence-electron chi connectivity index (χ1n) is 11.2. The quantitative estimate of drug-likeness (QED) is 0.726. The minimum absolute atomic E-state index is 0. The maximum absolute atomic E-state index is 9.67. The molecule has 1 aliphatic heterocycles. The fourth-order valence-corrected chi connectivity index (χ4v) is 3.96. The van der Waals surface area contributed by atoms with Gasteiger partial charge in [0.15, 0.2) is 0 Å². The highest BCUT2D eigenvalue weighted by molar-refractivity contribution is 5.17. The van der Waals surface area contributed by atoms with Crippen molar-refractivity contribution < 1.29 is 6.53 Å². The molecule has 3 atom stereocenters. The second-order valence-electron chi connectivity index (χ2n) is 7.78. The molecule has 0 saturated carbocycles. The molecular weight excluding hydrogens is 368 g/mol. The topological polar surface area (TPSA) is 49.5 Å². The van der Waals surface area contributed by atoms with Gasteiger partial charge in [0.1, 0.15) is 0 Å². The molecule has 0 aromatic heterocycles. The number of likely N-dealkylation sites (tertiary alicyclic amines) is 1. The van der Waals surface area contributed by atoms with Gasteiger partial charge in [-0.1, -0.05) is 98.8 Å². The van der Waals surface area contributed by atoms with Gasteiger partial charge in [-0.05, 0) is 35.8 Å². The molecule has 2 aromatic carbocycles. The summed E-state index contributed by atoms with van der Waals surface area (Å²) >= 11 is 0. The third-order valence-corrected chi connectivity index (χ3v) is 5.49. The Bertz CT molecular complexity index is 748. The molecule has 0 bridgehead atoms. The number of aliphatic hydroxyl groups is 1. The van der Waals surface area contributed by atoms with Gasteiger partial charge in [0.25, 0.3) is 0 Å². The molecule has 1 heterocycles. The molecule has 4 rings (SSSR count). The van der Waals surface area contributed by atoms with E-state index in [9.17, 15) is 5.11 Å². The molecule has 2 aliphatic rings. The van der Waals surface area contributed by atoms with Crippen molar-refractivity contribution in [1.82, 2.24) is 4.90 Å². The lowest BCUT2D eigenvalue weighted by atomic mass is 9.90. The average Bonchev–Trinajstić information content (AvgIpc) is 3.18. The zero-order valence-electron chi connectivity index (χ0n) is 18.5. The normalized spacial score (nSPS) is 22.6. The lowest BCUT2D eigenvalue weighted by molar-refractivity contribution is 0.199. The summed E-state index contributed by atoms with van der Waals surface area (Å²) in [4.78, 5) is 2.48. The number of nitrogens with zero attached hydrogens (tertiary/aromatic N) is 1. The van der Waals surface area contributed by atoms with Gasteiger partial charge in [-0.2, -0.15) is 0 Å². The van der Waals surface area contributed by atoms with E-state index in [2.05, 4.69) is 71.6 Å². The van der Waals surface area contributed by atoms with Crippen LogP contribution < -0.4 is 5.73 Å². The Kier molecular flexibility index (Phi) is 11.2. The second-order valence-corrected chi connectivity index (χ2v) is 7.78. The predicted molar refractivity (Wildman–Crippen MR) is 130 cm³/mol. The summed E-state index contributed by atoms with van der Waals surface area (Å²) in [6.07, 6.45) is 10.1. The number of benzene rings is 2. The molecule has 1 fully saturated rings. The third kappa shape index (κ3) is 8.27. The fraction of sp³-hybridized carbons (Fsp3) is 0.407. The van der Waals surface area contributed by atoms with Crippen LogP contribution in [-0.2, 0) is 13.0 Å². The van der Waals surface area contributed by atoms with Crippen LogP contribution in [0.25, 0.3) is 0 Å². The van der Waals surface area contributed by atoms with Gasteiger partial charge in [-0.25, -0.2) is 0 Å². The van der Waals surface area contributed by atoms with Crippen molar-refractivity contribution in [3.8, 4) is 0 Å². The van der Waals surface area contributed by atoms with Gasteiger partial charge in [0.05, 0.1) is 0 Å². The molecule has 1 aliphatic carbocycles. The number of hydrogen-bond donors (Lipinski definition) is 2. The first-order valence-corrected chi connectivity index (χ1v) is 11.2. The Hall–Kier alpha value is -2.20. The highest BCUT2D eigenvalue weighted by Crippen LogP contribution is 2.27. The maximum Gasteiger partial charge on any atom is 0.0474 e. The van der Waals surface area contributed by atoms with Crippen molar-refractivity contribution >= 4 is 0 Å². The smallest absolute Gasteiger partial charge is 0.0474 e. The van der Waals surface area contributed by atoms with Crippen molar-refractivity contribution in [2.24, 2.45) is 17.6 Å². The molecule has 0 radical (unpaired) electrons. The minimum atomic E-state index is 0. The van der Waals surface area contributed by atoms with Crippen LogP contribution in [0.5, 0.6) is 0 Å². The highest BCUT2D eigenvalue weighted by atomic mass is 16.3. The Balaban J connectivity index is 0.000000407. The lowest BCUT2D eigenvalue weighted by Gasteiger charge is -2.16. The molecule has 0 spiro atoms. The van der Waals surface area contributed by atoms with Crippen LogP contribution >= 0.6 is 0 Å². The zero-order chi connectivity index (χ0) is 21.6. The van der Waals surface area contributed by atoms with E-state index in [4.69, 9.17) is 5.73 Å². The Morgan fingerprint density at radius 3 is 2.00 bits per heavy atom. The monoisotopic (exact) mass is 408 g/mol. The molecule has 1 unspecified atom stereocenters. The van der Waals surface area contributed by atoms with Crippen LogP contribution in [0.2, 0.25) is 0 Å². The van der Waals surface area contributed by atoms with Crippen LogP contribution in [0.3, 0.4) is 0 Å². The van der Waals surface area contributed by atoms with E-state index in [-0.39, 0.29) is 7.47 Å². The molecular formula is C27H40N2O. The molecule has 0 amide bonds. The molecule has 164 valence electrons. The summed E-state index contributed by atoms with van der Waals surface area (Å²) < 4.78 is 0. The minimum Gasteiger partial charge on any atom is -0.396 e. The molecule has 2 aromatic rings. The second kappa shape index (κ2) is 13.9. The first kappa shape index (κ1) is 24.1. The zero-order valence-corrected chi connectivity index (χ0v) is 18.5. The first-order chi connectivity index (χ1) is 14.7. The average molecular weight is 409 g/mol. The Morgan fingerprint density at radius 1 is 0.900 bits per heavy atom. The van der Waals surface area contributed by atoms with E-state index in [1.807, 2.05) is 32.1 Å². The maximum atomic E-state index is 9.67. The summed E-state index contributed by atoms with van der Waals surface area (Å²) in [7, 11) is 0. The van der Waals surface area contributed by atoms with Gasteiger partial charge in [0, 0.05) is 33.7 Å². The third-order valence-electron chi connectivity index (χ3n) is 5.49. The van der Waals surface area contributed by atoms with Gasteiger partial charge >= 0.3 is 0 Å². The fourth-order valence-electron chi connectivity index (χ4n) is 3.96. The van der Waals surface area contributed by atoms with E-state index >= 15 is 0 Å². The summed E-state index contributed by atoms with van der Waals surface area (Å²) in [5.74, 6) is 0.954. The van der Waals surface area contributed by atoms with E-state index in [1.54, 1.807) is 0 Å². The number of rotatable bonds is 5. The Morgan fingerprint density at radius 2 is 1.50 bits per heavy atom. The van der Waals surface area contributed by atoms with Crippen molar-refractivity contribution in [3.63, 3.8) is 0 Å². The summed E-state index contributed by atoms with van der Waals surface area (Å²) in [6.45, 7) is 7.36. The molecule has 30 heavy (non-hydrogen) atoms. The molecule has 3 nitrogen and oxygen atoms in total. The lowest BCUT2D eigenvalue weighted by Crippen LogP contribution is -2.20. The summed E-state index contributed by atoms with van der Waals surface area (Å²) in [5, 5.41) is 9.67. The van der Waals surface area contributed by atoms with Crippen LogP contribution in [0.4, 0.5) is 0 Å². The Labute approximate surface area is 184 Å². The number of nitrogens with two attached hydrogens (primary N) is 1. The largest absolute Gasteiger partial charge is 0.396 e. The van der Waals surface area contributed by atoms with E-state index in [1.165, 1.54) is 11.1 Å². The molecule has 1 saturated heterocycles. The van der Waals surface area contributed by atoms with Crippen molar-refractivity contribution in [2.75, 3.05) is 19.7 Å². The van der Waals surface area contributed by atoms with Crippen LogP contribution in [0.15, 0.2) is 85.0 Å². The number of hydrogen-bond acceptors (Lipinski definition) is 3. The predicted octanol–water partition coefficient (Wildman–Crippen LogP) is 5.07. The summed E-state index contributed by atoms with van der Waals surface area (Å²) in [5.41, 5.74) is 8.23. The van der Waals surface area contributed by atoms with Crippen LogP contribution in [0, 0.1) is 11.8 Å². The van der Waals surface area contributed by atoms with Gasteiger partial charge in [0.2, 0.25) is 0 Å². The van der Waals surface area contributed by atoms with Gasteiger partial charge < -0.3 is 10.8 Å². The van der Waals surface area contributed by atoms with Crippen LogP contribution in [0.1, 0.15) is 32.8 Å². The number of aliphatic hydroxyl groups excluding tert-OH is 1.